The highest BCUT2D eigenvalue weighted by molar-refractivity contribution is 7.99. The normalized spacial score (nSPS) is 19.6. The number of anilines is 1. The summed E-state index contributed by atoms with van der Waals surface area (Å²) in [4.78, 5) is 16.6. The van der Waals surface area contributed by atoms with Crippen molar-refractivity contribution in [1.29, 1.82) is 0 Å². The number of ether oxygens (including phenoxy) is 1. The second-order valence-corrected chi connectivity index (χ2v) is 7.86. The molecule has 1 fully saturated rings. The van der Waals surface area contributed by atoms with Crippen LogP contribution in [0.2, 0.25) is 0 Å². The quantitative estimate of drug-likeness (QED) is 0.656. The molecular weight excluding hydrogens is 376 g/mol. The number of amides is 1. The summed E-state index contributed by atoms with van der Waals surface area (Å²) in [5, 5.41) is 8.60. The fraction of sp³-hybridized carbons (Fsp3) is 0.550. The highest BCUT2D eigenvalue weighted by Gasteiger charge is 2.26. The molecule has 1 amide bonds. The van der Waals surface area contributed by atoms with E-state index in [0.717, 1.165) is 18.7 Å². The summed E-state index contributed by atoms with van der Waals surface area (Å²) in [6.45, 7) is 11.4. The number of aromatic nitrogens is 2. The van der Waals surface area contributed by atoms with Crippen LogP contribution in [0.15, 0.2) is 33.9 Å². The van der Waals surface area contributed by atoms with Gasteiger partial charge >= 0.3 is 0 Å². The molecule has 0 saturated carbocycles. The molecule has 3 rings (SSSR count). The summed E-state index contributed by atoms with van der Waals surface area (Å²) in [5.41, 5.74) is 2.04. The third-order valence-electron chi connectivity index (χ3n) is 4.74. The Kier molecular flexibility index (Phi) is 6.96. The van der Waals surface area contributed by atoms with Crippen LogP contribution in [0.1, 0.15) is 27.7 Å². The number of thioether (sulfide) groups is 1. The van der Waals surface area contributed by atoms with Crippen LogP contribution in [0.4, 0.5) is 5.69 Å². The van der Waals surface area contributed by atoms with E-state index in [1.54, 1.807) is 0 Å². The predicted octanol–water partition coefficient (Wildman–Crippen LogP) is 3.31. The maximum Gasteiger partial charge on any atom is 0.277 e. The van der Waals surface area contributed by atoms with Crippen molar-refractivity contribution < 1.29 is 13.9 Å². The number of rotatable bonds is 7. The molecule has 0 N–H and O–H groups in total. The van der Waals surface area contributed by atoms with E-state index >= 15 is 0 Å². The van der Waals surface area contributed by atoms with Gasteiger partial charge in [0.25, 0.3) is 5.22 Å². The monoisotopic (exact) mass is 404 g/mol. The number of carbonyl (C=O) groups is 1. The van der Waals surface area contributed by atoms with Gasteiger partial charge in [-0.3, -0.25) is 4.79 Å². The molecule has 7 nitrogen and oxygen atoms in total. The van der Waals surface area contributed by atoms with E-state index in [4.69, 9.17) is 9.15 Å². The molecule has 2 atom stereocenters. The van der Waals surface area contributed by atoms with Gasteiger partial charge in [0, 0.05) is 37.4 Å². The highest BCUT2D eigenvalue weighted by atomic mass is 32.2. The van der Waals surface area contributed by atoms with Gasteiger partial charge < -0.3 is 19.0 Å². The molecule has 2 unspecified atom stereocenters. The Morgan fingerprint density at radius 1 is 1.14 bits per heavy atom. The minimum Gasteiger partial charge on any atom is -0.411 e. The summed E-state index contributed by atoms with van der Waals surface area (Å²) in [7, 11) is 0. The minimum absolute atomic E-state index is 0.0621. The molecule has 0 spiro atoms. The van der Waals surface area contributed by atoms with Crippen LogP contribution in [0.3, 0.4) is 0 Å². The fourth-order valence-corrected chi connectivity index (χ4v) is 4.05. The second kappa shape index (κ2) is 9.43. The van der Waals surface area contributed by atoms with Crippen molar-refractivity contribution in [3.05, 3.63) is 24.3 Å². The molecule has 2 heterocycles. The van der Waals surface area contributed by atoms with Crippen molar-refractivity contribution in [2.45, 2.75) is 45.1 Å². The first kappa shape index (κ1) is 20.7. The van der Waals surface area contributed by atoms with Crippen molar-refractivity contribution in [2.75, 3.05) is 36.8 Å². The second-order valence-electron chi connectivity index (χ2n) is 6.94. The topological polar surface area (TPSA) is 71.7 Å². The van der Waals surface area contributed by atoms with Gasteiger partial charge in [-0.1, -0.05) is 11.8 Å². The lowest BCUT2D eigenvalue weighted by atomic mass is 10.2. The first-order valence-corrected chi connectivity index (χ1v) is 10.7. The third kappa shape index (κ3) is 5.05. The van der Waals surface area contributed by atoms with Crippen molar-refractivity contribution in [3.8, 4) is 11.5 Å². The number of carbonyl (C=O) groups excluding carboxylic acids is 1. The highest BCUT2D eigenvalue weighted by Crippen LogP contribution is 2.26. The van der Waals surface area contributed by atoms with Crippen LogP contribution in [-0.4, -0.2) is 65.1 Å². The minimum atomic E-state index is 0.0621. The van der Waals surface area contributed by atoms with Crippen LogP contribution < -0.4 is 4.90 Å². The van der Waals surface area contributed by atoms with E-state index in [9.17, 15) is 4.79 Å². The standard InChI is InChI=1S/C20H28N4O3S/c1-5-23(6-2)17-9-7-16(8-10-17)19-21-22-20(27-19)28-13-18(25)24-11-14(3)26-15(4)12-24/h7-10,14-15H,5-6,11-13H2,1-4H3. The zero-order valence-electron chi connectivity index (χ0n) is 16.9. The zero-order valence-corrected chi connectivity index (χ0v) is 17.7. The molecule has 8 heteroatoms. The Morgan fingerprint density at radius 2 is 1.79 bits per heavy atom. The van der Waals surface area contributed by atoms with E-state index in [2.05, 4.69) is 41.1 Å². The Bertz CT molecular complexity index is 766. The maximum atomic E-state index is 12.5. The van der Waals surface area contributed by atoms with Gasteiger partial charge in [0.15, 0.2) is 0 Å². The van der Waals surface area contributed by atoms with Gasteiger partial charge in [-0.15, -0.1) is 10.2 Å². The summed E-state index contributed by atoms with van der Waals surface area (Å²) >= 11 is 1.27. The van der Waals surface area contributed by atoms with Gasteiger partial charge in [-0.25, -0.2) is 0 Å². The summed E-state index contributed by atoms with van der Waals surface area (Å²) < 4.78 is 11.4. The number of hydrogen-bond acceptors (Lipinski definition) is 7. The van der Waals surface area contributed by atoms with Gasteiger partial charge in [0.2, 0.25) is 11.8 Å². The van der Waals surface area contributed by atoms with E-state index in [0.29, 0.717) is 24.2 Å². The molecule has 0 aliphatic carbocycles. The van der Waals surface area contributed by atoms with Gasteiger partial charge in [-0.05, 0) is 52.0 Å². The molecule has 2 aromatic rings. The number of benzene rings is 1. The average molecular weight is 405 g/mol. The van der Waals surface area contributed by atoms with E-state index in [-0.39, 0.29) is 23.9 Å². The molecule has 28 heavy (non-hydrogen) atoms. The molecule has 0 radical (unpaired) electrons. The first-order valence-electron chi connectivity index (χ1n) is 9.75. The van der Waals surface area contributed by atoms with Gasteiger partial charge in [0.1, 0.15) is 0 Å². The zero-order chi connectivity index (χ0) is 20.1. The van der Waals surface area contributed by atoms with Crippen molar-refractivity contribution >= 4 is 23.4 Å². The largest absolute Gasteiger partial charge is 0.411 e. The summed E-state index contributed by atoms with van der Waals surface area (Å²) in [6, 6.07) is 8.09. The molecule has 1 aliphatic heterocycles. The van der Waals surface area contributed by atoms with Crippen LogP contribution in [0.25, 0.3) is 11.5 Å². The molecule has 1 aliphatic rings. The fourth-order valence-electron chi connectivity index (χ4n) is 3.38. The molecule has 1 saturated heterocycles. The number of hydrogen-bond donors (Lipinski definition) is 0. The van der Waals surface area contributed by atoms with Gasteiger partial charge in [-0.2, -0.15) is 0 Å². The lowest BCUT2D eigenvalue weighted by molar-refractivity contribution is -0.140. The van der Waals surface area contributed by atoms with E-state index in [1.807, 2.05) is 30.9 Å². The van der Waals surface area contributed by atoms with E-state index < -0.39 is 0 Å². The lowest BCUT2D eigenvalue weighted by Gasteiger charge is -2.35. The lowest BCUT2D eigenvalue weighted by Crippen LogP contribution is -2.48. The van der Waals surface area contributed by atoms with Crippen molar-refractivity contribution in [1.82, 2.24) is 15.1 Å². The van der Waals surface area contributed by atoms with Crippen LogP contribution in [0.5, 0.6) is 0 Å². The van der Waals surface area contributed by atoms with Crippen molar-refractivity contribution in [3.63, 3.8) is 0 Å². The molecule has 1 aromatic carbocycles. The number of morpholine rings is 1. The Hall–Kier alpha value is -2.06. The smallest absolute Gasteiger partial charge is 0.277 e. The first-order chi connectivity index (χ1) is 13.5. The number of nitrogens with zero attached hydrogens (tertiary/aromatic N) is 4. The van der Waals surface area contributed by atoms with Crippen LogP contribution in [-0.2, 0) is 9.53 Å². The molecule has 0 bridgehead atoms. The SMILES string of the molecule is CCN(CC)c1ccc(-c2nnc(SCC(=O)N3CC(C)OC(C)C3)o2)cc1. The predicted molar refractivity (Wildman–Crippen MR) is 111 cm³/mol. The van der Waals surface area contributed by atoms with Crippen LogP contribution >= 0.6 is 11.8 Å². The molecular formula is C20H28N4O3S. The maximum absolute atomic E-state index is 12.5. The third-order valence-corrected chi connectivity index (χ3v) is 5.54. The van der Waals surface area contributed by atoms with Crippen LogP contribution in [0, 0.1) is 0 Å². The van der Waals surface area contributed by atoms with Crippen molar-refractivity contribution in [2.24, 2.45) is 0 Å². The Balaban J connectivity index is 1.57. The summed E-state index contributed by atoms with van der Waals surface area (Å²) in [6.07, 6.45) is 0.124. The van der Waals surface area contributed by atoms with E-state index in [1.165, 1.54) is 17.4 Å². The molecule has 1 aromatic heterocycles. The Labute approximate surface area is 170 Å². The molecule has 152 valence electrons. The van der Waals surface area contributed by atoms with Gasteiger partial charge in [0.05, 0.1) is 18.0 Å². The average Bonchev–Trinajstić information content (AvgIpc) is 3.16. The Morgan fingerprint density at radius 3 is 2.39 bits per heavy atom. The summed E-state index contributed by atoms with van der Waals surface area (Å²) in [5.74, 6) is 0.812.